The molecule has 1 atom stereocenters. The molecule has 0 aliphatic rings. The Morgan fingerprint density at radius 2 is 1.85 bits per heavy atom. The standard InChI is InChI=1S/C12H22O/c1-10(2)6-5-7-11(3)8-9-12(4)13/h6,11H,5,7-9H2,1-4H3. The van der Waals surface area contributed by atoms with E-state index >= 15 is 0 Å². The molecule has 1 unspecified atom stereocenters. The summed E-state index contributed by atoms with van der Waals surface area (Å²) in [6.45, 7) is 8.14. The SMILES string of the molecule is CC(=O)CCC(C)CCC=C(C)C. The molecule has 0 aromatic heterocycles. The zero-order valence-electron chi connectivity index (χ0n) is 9.39. The summed E-state index contributed by atoms with van der Waals surface area (Å²) in [6, 6.07) is 0. The van der Waals surface area contributed by atoms with Crippen LogP contribution in [0.4, 0.5) is 0 Å². The van der Waals surface area contributed by atoms with E-state index in [1.54, 1.807) is 6.92 Å². The number of ketones is 1. The molecule has 0 heterocycles. The van der Waals surface area contributed by atoms with E-state index in [2.05, 4.69) is 26.8 Å². The van der Waals surface area contributed by atoms with Gasteiger partial charge in [-0.05, 0) is 46.0 Å². The normalized spacial score (nSPS) is 12.3. The maximum atomic E-state index is 10.7. The third kappa shape index (κ3) is 9.32. The van der Waals surface area contributed by atoms with Crippen molar-refractivity contribution >= 4 is 5.78 Å². The number of carbonyl (C=O) groups is 1. The van der Waals surface area contributed by atoms with Crippen molar-refractivity contribution in [2.75, 3.05) is 0 Å². The maximum absolute atomic E-state index is 10.7. The summed E-state index contributed by atoms with van der Waals surface area (Å²) in [6.07, 6.45) is 6.42. The van der Waals surface area contributed by atoms with Crippen molar-refractivity contribution in [3.63, 3.8) is 0 Å². The van der Waals surface area contributed by atoms with Crippen LogP contribution in [0.25, 0.3) is 0 Å². The van der Waals surface area contributed by atoms with E-state index in [-0.39, 0.29) is 0 Å². The van der Waals surface area contributed by atoms with Gasteiger partial charge in [-0.15, -0.1) is 0 Å². The third-order valence-corrected chi connectivity index (χ3v) is 2.20. The van der Waals surface area contributed by atoms with Gasteiger partial charge in [0.1, 0.15) is 5.78 Å². The fraction of sp³-hybridized carbons (Fsp3) is 0.750. The summed E-state index contributed by atoms with van der Waals surface area (Å²) < 4.78 is 0. The Kier molecular flexibility index (Phi) is 6.56. The topological polar surface area (TPSA) is 17.1 Å². The molecule has 0 radical (unpaired) electrons. The fourth-order valence-corrected chi connectivity index (χ4v) is 1.25. The van der Waals surface area contributed by atoms with Crippen LogP contribution in [-0.2, 0) is 4.79 Å². The zero-order chi connectivity index (χ0) is 10.3. The van der Waals surface area contributed by atoms with Gasteiger partial charge in [0.05, 0.1) is 0 Å². The van der Waals surface area contributed by atoms with Crippen LogP contribution in [0.15, 0.2) is 11.6 Å². The Balaban J connectivity index is 3.46. The van der Waals surface area contributed by atoms with Crippen molar-refractivity contribution in [2.45, 2.75) is 53.4 Å². The molecule has 0 aromatic rings. The molecule has 13 heavy (non-hydrogen) atoms. The molecule has 1 heteroatoms. The van der Waals surface area contributed by atoms with Crippen LogP contribution in [0.2, 0.25) is 0 Å². The molecule has 0 saturated heterocycles. The lowest BCUT2D eigenvalue weighted by Crippen LogP contribution is -1.98. The predicted molar refractivity (Wildman–Crippen MR) is 57.7 cm³/mol. The fourth-order valence-electron chi connectivity index (χ4n) is 1.25. The molecule has 1 nitrogen and oxygen atoms in total. The van der Waals surface area contributed by atoms with E-state index in [1.165, 1.54) is 12.0 Å². The van der Waals surface area contributed by atoms with Crippen molar-refractivity contribution in [3.05, 3.63) is 11.6 Å². The average molecular weight is 182 g/mol. The third-order valence-electron chi connectivity index (χ3n) is 2.20. The molecular weight excluding hydrogens is 160 g/mol. The van der Waals surface area contributed by atoms with E-state index in [0.29, 0.717) is 11.7 Å². The molecule has 76 valence electrons. The van der Waals surface area contributed by atoms with E-state index in [1.807, 2.05) is 0 Å². The van der Waals surface area contributed by atoms with Crippen molar-refractivity contribution < 1.29 is 4.79 Å². The highest BCUT2D eigenvalue weighted by Crippen LogP contribution is 2.13. The molecule has 0 saturated carbocycles. The van der Waals surface area contributed by atoms with Gasteiger partial charge in [0.2, 0.25) is 0 Å². The number of hydrogen-bond acceptors (Lipinski definition) is 1. The summed E-state index contributed by atoms with van der Waals surface area (Å²) in [5, 5.41) is 0. The monoisotopic (exact) mass is 182 g/mol. The van der Waals surface area contributed by atoms with Crippen LogP contribution in [0.3, 0.4) is 0 Å². The van der Waals surface area contributed by atoms with Crippen LogP contribution < -0.4 is 0 Å². The van der Waals surface area contributed by atoms with Crippen molar-refractivity contribution in [1.82, 2.24) is 0 Å². The Morgan fingerprint density at radius 3 is 2.31 bits per heavy atom. The van der Waals surface area contributed by atoms with E-state index in [4.69, 9.17) is 0 Å². The van der Waals surface area contributed by atoms with Crippen molar-refractivity contribution in [3.8, 4) is 0 Å². The van der Waals surface area contributed by atoms with Gasteiger partial charge in [-0.3, -0.25) is 0 Å². The summed E-state index contributed by atoms with van der Waals surface area (Å²) in [4.78, 5) is 10.7. The highest BCUT2D eigenvalue weighted by Gasteiger charge is 2.02. The van der Waals surface area contributed by atoms with Crippen LogP contribution >= 0.6 is 0 Å². The summed E-state index contributed by atoms with van der Waals surface area (Å²) in [5.41, 5.74) is 1.39. The lowest BCUT2D eigenvalue weighted by atomic mass is 9.98. The minimum atomic E-state index is 0.314. The van der Waals surface area contributed by atoms with Gasteiger partial charge >= 0.3 is 0 Å². The van der Waals surface area contributed by atoms with E-state index < -0.39 is 0 Å². The van der Waals surface area contributed by atoms with Gasteiger partial charge < -0.3 is 4.79 Å². The second-order valence-corrected chi connectivity index (χ2v) is 4.20. The summed E-state index contributed by atoms with van der Waals surface area (Å²) >= 11 is 0. The molecule has 0 fully saturated rings. The van der Waals surface area contributed by atoms with E-state index in [9.17, 15) is 4.79 Å². The van der Waals surface area contributed by atoms with Crippen LogP contribution in [0.1, 0.15) is 53.4 Å². The largest absolute Gasteiger partial charge is 0.300 e. The van der Waals surface area contributed by atoms with Crippen LogP contribution in [-0.4, -0.2) is 5.78 Å². The highest BCUT2D eigenvalue weighted by atomic mass is 16.1. The first-order valence-electron chi connectivity index (χ1n) is 5.15. The lowest BCUT2D eigenvalue weighted by molar-refractivity contribution is -0.117. The predicted octanol–water partition coefficient (Wildman–Crippen LogP) is 3.74. The number of carbonyl (C=O) groups excluding carboxylic acids is 1. The van der Waals surface area contributed by atoms with Crippen LogP contribution in [0.5, 0.6) is 0 Å². The van der Waals surface area contributed by atoms with E-state index in [0.717, 1.165) is 19.3 Å². The number of hydrogen-bond donors (Lipinski definition) is 0. The van der Waals surface area contributed by atoms with Gasteiger partial charge in [0, 0.05) is 6.42 Å². The molecule has 0 spiro atoms. The zero-order valence-corrected chi connectivity index (χ0v) is 9.39. The average Bonchev–Trinajstić information content (AvgIpc) is 2.00. The number of Topliss-reactive ketones (excluding diaryl/α,β-unsaturated/α-hetero) is 1. The first-order valence-corrected chi connectivity index (χ1v) is 5.15. The first kappa shape index (κ1) is 12.4. The second-order valence-electron chi connectivity index (χ2n) is 4.20. The lowest BCUT2D eigenvalue weighted by Gasteiger charge is -2.07. The van der Waals surface area contributed by atoms with Crippen LogP contribution in [0, 0.1) is 5.92 Å². The van der Waals surface area contributed by atoms with Crippen molar-refractivity contribution in [2.24, 2.45) is 5.92 Å². The number of allylic oxidation sites excluding steroid dienone is 2. The molecule has 0 amide bonds. The van der Waals surface area contributed by atoms with Gasteiger partial charge in [-0.1, -0.05) is 18.6 Å². The first-order chi connectivity index (χ1) is 6.02. The van der Waals surface area contributed by atoms with Gasteiger partial charge in [0.15, 0.2) is 0 Å². The molecule has 0 aliphatic carbocycles. The molecule has 0 aliphatic heterocycles. The highest BCUT2D eigenvalue weighted by molar-refractivity contribution is 5.75. The number of rotatable bonds is 6. The Hall–Kier alpha value is -0.590. The quantitative estimate of drug-likeness (QED) is 0.572. The summed E-state index contributed by atoms with van der Waals surface area (Å²) in [5.74, 6) is 0.994. The van der Waals surface area contributed by atoms with Gasteiger partial charge in [-0.25, -0.2) is 0 Å². The molecule has 0 rings (SSSR count). The Morgan fingerprint density at radius 1 is 1.23 bits per heavy atom. The van der Waals surface area contributed by atoms with Gasteiger partial charge in [0.25, 0.3) is 0 Å². The Labute approximate surface area is 82.2 Å². The summed E-state index contributed by atoms with van der Waals surface area (Å²) in [7, 11) is 0. The van der Waals surface area contributed by atoms with Gasteiger partial charge in [-0.2, -0.15) is 0 Å². The minimum absolute atomic E-state index is 0.314. The molecule has 0 N–H and O–H groups in total. The Bertz CT molecular complexity index is 176. The molecule has 0 bridgehead atoms. The van der Waals surface area contributed by atoms with Crippen molar-refractivity contribution in [1.29, 1.82) is 0 Å². The maximum Gasteiger partial charge on any atom is 0.129 e. The molecular formula is C12H22O. The second kappa shape index (κ2) is 6.88. The minimum Gasteiger partial charge on any atom is -0.300 e. The molecule has 0 aromatic carbocycles. The smallest absolute Gasteiger partial charge is 0.129 e.